The number of aromatic nitrogens is 2. The lowest BCUT2D eigenvalue weighted by Gasteiger charge is -2.04. The fourth-order valence-corrected chi connectivity index (χ4v) is 2.14. The van der Waals surface area contributed by atoms with Crippen LogP contribution in [0.2, 0.25) is 0 Å². The molecule has 1 aromatic rings. The van der Waals surface area contributed by atoms with Crippen LogP contribution in [0.15, 0.2) is 4.47 Å². The maximum Gasteiger partial charge on any atom is 0.141 e. The van der Waals surface area contributed by atoms with Gasteiger partial charge in [0, 0.05) is 19.4 Å². The zero-order valence-corrected chi connectivity index (χ0v) is 11.3. The summed E-state index contributed by atoms with van der Waals surface area (Å²) in [6.07, 6.45) is 1.34. The minimum Gasteiger partial charge on any atom is -0.299 e. The molecule has 0 aromatic carbocycles. The zero-order chi connectivity index (χ0) is 11.6. The molecule has 4 heteroatoms. The lowest BCUT2D eigenvalue weighted by atomic mass is 10.0. The van der Waals surface area contributed by atoms with Crippen LogP contribution < -0.4 is 0 Å². The second-order valence-electron chi connectivity index (χ2n) is 3.98. The van der Waals surface area contributed by atoms with Crippen molar-refractivity contribution in [3.05, 3.63) is 15.9 Å². The zero-order valence-electron chi connectivity index (χ0n) is 9.67. The number of nitrogens with zero attached hydrogens (tertiary/aromatic N) is 2. The third-order valence-corrected chi connectivity index (χ3v) is 3.40. The molecule has 0 amide bonds. The van der Waals surface area contributed by atoms with E-state index in [2.05, 4.69) is 28.0 Å². The summed E-state index contributed by atoms with van der Waals surface area (Å²) in [7, 11) is 1.88. The van der Waals surface area contributed by atoms with Gasteiger partial charge in [0.2, 0.25) is 0 Å². The van der Waals surface area contributed by atoms with E-state index in [0.29, 0.717) is 6.42 Å². The van der Waals surface area contributed by atoms with Crippen LogP contribution in [-0.4, -0.2) is 15.6 Å². The summed E-state index contributed by atoms with van der Waals surface area (Å²) in [5, 5.41) is 4.36. The van der Waals surface area contributed by atoms with Gasteiger partial charge in [-0.15, -0.1) is 0 Å². The fourth-order valence-electron chi connectivity index (χ4n) is 1.38. The second-order valence-corrected chi connectivity index (χ2v) is 4.78. The van der Waals surface area contributed by atoms with Crippen LogP contribution in [0.4, 0.5) is 0 Å². The maximum absolute atomic E-state index is 11.7. The van der Waals surface area contributed by atoms with Gasteiger partial charge in [0.05, 0.1) is 15.9 Å². The highest BCUT2D eigenvalue weighted by Gasteiger charge is 2.17. The monoisotopic (exact) mass is 272 g/mol. The number of halogens is 1. The number of carbonyl (C=O) groups excluding carboxylic acids is 1. The summed E-state index contributed by atoms with van der Waals surface area (Å²) < 4.78 is 2.78. The molecule has 0 saturated carbocycles. The predicted molar refractivity (Wildman–Crippen MR) is 63.8 cm³/mol. The molecule has 3 nitrogen and oxygen atoms in total. The molecule has 0 fully saturated rings. The Labute approximate surface area is 99.0 Å². The van der Waals surface area contributed by atoms with E-state index in [0.717, 1.165) is 22.3 Å². The minimum atomic E-state index is 0.0804. The van der Waals surface area contributed by atoms with Crippen molar-refractivity contribution in [2.75, 3.05) is 0 Å². The first-order valence-electron chi connectivity index (χ1n) is 5.20. The van der Waals surface area contributed by atoms with E-state index < -0.39 is 0 Å². The number of hydrogen-bond donors (Lipinski definition) is 0. The lowest BCUT2D eigenvalue weighted by molar-refractivity contribution is -0.121. The van der Waals surface area contributed by atoms with E-state index in [1.807, 2.05) is 20.9 Å². The Hall–Kier alpha value is -0.640. The molecule has 0 radical (unpaired) electrons. The van der Waals surface area contributed by atoms with Gasteiger partial charge in [0.25, 0.3) is 0 Å². The Bertz CT molecular complexity index is 369. The summed E-state index contributed by atoms with van der Waals surface area (Å²) in [6, 6.07) is 0. The summed E-state index contributed by atoms with van der Waals surface area (Å²) in [6.45, 7) is 5.90. The molecule has 1 aromatic heterocycles. The van der Waals surface area contributed by atoms with Crippen LogP contribution in [0.1, 0.15) is 32.2 Å². The Morgan fingerprint density at radius 2 is 2.13 bits per heavy atom. The average Bonchev–Trinajstić information content (AvgIpc) is 2.44. The molecule has 1 heterocycles. The van der Waals surface area contributed by atoms with Gasteiger partial charge in [-0.1, -0.05) is 20.8 Å². The van der Waals surface area contributed by atoms with Crippen LogP contribution in [0, 0.1) is 5.92 Å². The van der Waals surface area contributed by atoms with Crippen LogP contribution in [0.3, 0.4) is 0 Å². The third-order valence-electron chi connectivity index (χ3n) is 2.49. The Morgan fingerprint density at radius 3 is 2.53 bits per heavy atom. The van der Waals surface area contributed by atoms with E-state index in [1.54, 1.807) is 4.68 Å². The standard InChI is InChI=1S/C11H17BrN2O/c1-5-8-11(12)9(14(4)13-8)6-10(15)7(2)3/h7H,5-6H2,1-4H3. The third kappa shape index (κ3) is 2.68. The molecule has 84 valence electrons. The molecular formula is C11H17BrN2O. The number of hydrogen-bond acceptors (Lipinski definition) is 2. The first-order chi connectivity index (χ1) is 6.97. The molecule has 0 bridgehead atoms. The van der Waals surface area contributed by atoms with Gasteiger partial charge < -0.3 is 0 Å². The topological polar surface area (TPSA) is 34.9 Å². The van der Waals surface area contributed by atoms with Gasteiger partial charge >= 0.3 is 0 Å². The molecule has 0 aliphatic heterocycles. The van der Waals surface area contributed by atoms with Crippen molar-refractivity contribution in [2.45, 2.75) is 33.6 Å². The number of ketones is 1. The van der Waals surface area contributed by atoms with Crippen molar-refractivity contribution in [1.29, 1.82) is 0 Å². The molecular weight excluding hydrogens is 256 g/mol. The molecule has 0 aliphatic carbocycles. The minimum absolute atomic E-state index is 0.0804. The predicted octanol–water partition coefficient (Wildman–Crippen LogP) is 2.51. The van der Waals surface area contributed by atoms with Gasteiger partial charge in [-0.05, 0) is 22.4 Å². The van der Waals surface area contributed by atoms with E-state index in [9.17, 15) is 4.79 Å². The smallest absolute Gasteiger partial charge is 0.141 e. The molecule has 15 heavy (non-hydrogen) atoms. The van der Waals surface area contributed by atoms with E-state index >= 15 is 0 Å². The van der Waals surface area contributed by atoms with E-state index in [-0.39, 0.29) is 11.7 Å². The molecule has 0 spiro atoms. The van der Waals surface area contributed by atoms with Crippen LogP contribution in [0.5, 0.6) is 0 Å². The summed E-state index contributed by atoms with van der Waals surface area (Å²) in [4.78, 5) is 11.7. The fraction of sp³-hybridized carbons (Fsp3) is 0.636. The quantitative estimate of drug-likeness (QED) is 0.844. The first-order valence-corrected chi connectivity index (χ1v) is 5.99. The number of aryl methyl sites for hydroxylation is 2. The van der Waals surface area contributed by atoms with Crippen molar-refractivity contribution in [1.82, 2.24) is 9.78 Å². The first kappa shape index (κ1) is 12.4. The van der Waals surface area contributed by atoms with E-state index in [1.165, 1.54) is 0 Å². The highest BCUT2D eigenvalue weighted by atomic mass is 79.9. The lowest BCUT2D eigenvalue weighted by Crippen LogP contribution is -2.13. The molecule has 0 aliphatic rings. The van der Waals surface area contributed by atoms with Gasteiger partial charge in [0.15, 0.2) is 0 Å². The average molecular weight is 273 g/mol. The number of carbonyl (C=O) groups is 1. The van der Waals surface area contributed by atoms with Crippen LogP contribution in [0.25, 0.3) is 0 Å². The Kier molecular flexibility index (Phi) is 4.08. The highest BCUT2D eigenvalue weighted by molar-refractivity contribution is 9.10. The van der Waals surface area contributed by atoms with Gasteiger partial charge in [-0.25, -0.2) is 0 Å². The Morgan fingerprint density at radius 1 is 1.53 bits per heavy atom. The summed E-state index contributed by atoms with van der Waals surface area (Å²) in [5.41, 5.74) is 2.00. The Balaban J connectivity index is 2.95. The van der Waals surface area contributed by atoms with Crippen molar-refractivity contribution < 1.29 is 4.79 Å². The van der Waals surface area contributed by atoms with Crippen molar-refractivity contribution in [2.24, 2.45) is 13.0 Å². The molecule has 0 atom stereocenters. The highest BCUT2D eigenvalue weighted by Crippen LogP contribution is 2.22. The van der Waals surface area contributed by atoms with Crippen molar-refractivity contribution >= 4 is 21.7 Å². The number of rotatable bonds is 4. The molecule has 0 unspecified atom stereocenters. The SMILES string of the molecule is CCc1nn(C)c(CC(=O)C(C)C)c1Br. The molecule has 1 rings (SSSR count). The summed E-state index contributed by atoms with van der Waals surface area (Å²) in [5.74, 6) is 0.332. The van der Waals surface area contributed by atoms with Gasteiger partial charge in [-0.3, -0.25) is 9.48 Å². The number of Topliss-reactive ketones (excluding diaryl/α,β-unsaturated/α-hetero) is 1. The summed E-state index contributed by atoms with van der Waals surface area (Å²) >= 11 is 3.50. The maximum atomic E-state index is 11.7. The molecule has 0 saturated heterocycles. The van der Waals surface area contributed by atoms with Gasteiger partial charge in [0.1, 0.15) is 5.78 Å². The molecule has 0 N–H and O–H groups in total. The normalized spacial score (nSPS) is 11.1. The largest absolute Gasteiger partial charge is 0.299 e. The van der Waals surface area contributed by atoms with Crippen molar-refractivity contribution in [3.63, 3.8) is 0 Å². The second kappa shape index (κ2) is 4.92. The van der Waals surface area contributed by atoms with Crippen molar-refractivity contribution in [3.8, 4) is 0 Å². The van der Waals surface area contributed by atoms with E-state index in [4.69, 9.17) is 0 Å². The van der Waals surface area contributed by atoms with Crippen LogP contribution >= 0.6 is 15.9 Å². The van der Waals surface area contributed by atoms with Crippen LogP contribution in [-0.2, 0) is 24.7 Å². The van der Waals surface area contributed by atoms with Gasteiger partial charge in [-0.2, -0.15) is 5.10 Å².